The first-order valence-corrected chi connectivity index (χ1v) is 14.1. The van der Waals surface area contributed by atoms with Crippen molar-refractivity contribution >= 4 is 22.1 Å². The fraction of sp³-hybridized carbons (Fsp3) is 0.533. The van der Waals surface area contributed by atoms with Crippen LogP contribution in [-0.4, -0.2) is 29.1 Å². The first-order valence-electron chi connectivity index (χ1n) is 6.90. The molecule has 0 unspecified atom stereocenters. The van der Waals surface area contributed by atoms with E-state index in [9.17, 15) is 4.79 Å². The molecular weight excluding hydrogens is 266 g/mol. The molecule has 106 valence electrons. The molecule has 1 amide bonds. The van der Waals surface area contributed by atoms with Crippen molar-refractivity contribution in [2.45, 2.75) is 44.4 Å². The lowest BCUT2D eigenvalue weighted by atomic mass is 10.1. The van der Waals surface area contributed by atoms with Gasteiger partial charge in [-0.1, -0.05) is 57.5 Å². The molecule has 0 atom stereocenters. The van der Waals surface area contributed by atoms with Crippen LogP contribution in [-0.2, 0) is 0 Å². The highest BCUT2D eigenvalue weighted by molar-refractivity contribution is 6.96. The number of hydrogen-bond acceptors (Lipinski definition) is 1. The molecule has 0 aliphatic heterocycles. The van der Waals surface area contributed by atoms with Crippen LogP contribution in [0.3, 0.4) is 0 Å². The number of nitrogens with one attached hydrogen (secondary N) is 1. The highest BCUT2D eigenvalue weighted by atomic mass is 28.4. The van der Waals surface area contributed by atoms with E-state index in [1.165, 1.54) is 5.56 Å². The number of carbonyl (C=O) groups excluding carboxylic acids is 1. The van der Waals surface area contributed by atoms with Crippen LogP contribution in [0.5, 0.6) is 0 Å². The Morgan fingerprint density at radius 1 is 1.00 bits per heavy atom. The van der Waals surface area contributed by atoms with E-state index in [0.29, 0.717) is 5.16 Å². The smallest absolute Gasteiger partial charge is 0.251 e. The summed E-state index contributed by atoms with van der Waals surface area (Å²) in [6.45, 7) is 14.5. The summed E-state index contributed by atoms with van der Waals surface area (Å²) >= 11 is 0. The quantitative estimate of drug-likeness (QED) is 0.839. The average Bonchev–Trinajstić information content (AvgIpc) is 2.25. The molecule has 1 rings (SSSR count). The zero-order valence-corrected chi connectivity index (χ0v) is 15.3. The largest absolute Gasteiger partial charge is 0.355 e. The Morgan fingerprint density at radius 3 is 1.89 bits per heavy atom. The Labute approximate surface area is 119 Å². The Hall–Kier alpha value is -0.876. The van der Waals surface area contributed by atoms with Gasteiger partial charge in [-0.05, 0) is 16.8 Å². The van der Waals surface area contributed by atoms with Crippen molar-refractivity contribution in [2.24, 2.45) is 0 Å². The Bertz CT molecular complexity index is 444. The van der Waals surface area contributed by atoms with Gasteiger partial charge in [0.2, 0.25) is 0 Å². The molecule has 0 radical (unpaired) electrons. The maximum absolute atomic E-state index is 12.1. The van der Waals surface area contributed by atoms with Gasteiger partial charge in [0.1, 0.15) is 0 Å². The maximum atomic E-state index is 12.1. The molecule has 4 heteroatoms. The van der Waals surface area contributed by atoms with E-state index in [-0.39, 0.29) is 5.91 Å². The standard InChI is InChI=1S/C15H27NOSi2/c1-16-14(17)12-10-8-9-11-13(12)15(18(2,3)4)19(5,6)7/h8-11,15H,1-7H3,(H,16,17). The number of carbonyl (C=O) groups is 1. The maximum Gasteiger partial charge on any atom is 0.251 e. The minimum Gasteiger partial charge on any atom is -0.355 e. The molecule has 2 nitrogen and oxygen atoms in total. The van der Waals surface area contributed by atoms with Crippen molar-refractivity contribution in [3.63, 3.8) is 0 Å². The second-order valence-corrected chi connectivity index (χ2v) is 18.5. The second kappa shape index (κ2) is 5.63. The molecule has 1 N–H and O–H groups in total. The normalized spacial score (nSPS) is 12.6. The summed E-state index contributed by atoms with van der Waals surface area (Å²) in [5.41, 5.74) is 2.13. The lowest BCUT2D eigenvalue weighted by molar-refractivity contribution is 0.0962. The summed E-state index contributed by atoms with van der Waals surface area (Å²) < 4.78 is 0. The Kier molecular flexibility index (Phi) is 4.79. The van der Waals surface area contributed by atoms with Gasteiger partial charge in [-0.25, -0.2) is 0 Å². The van der Waals surface area contributed by atoms with Gasteiger partial charge in [-0.2, -0.15) is 0 Å². The van der Waals surface area contributed by atoms with E-state index in [4.69, 9.17) is 0 Å². The summed E-state index contributed by atoms with van der Waals surface area (Å²) in [4.78, 5) is 12.1. The Morgan fingerprint density at radius 2 is 1.47 bits per heavy atom. The second-order valence-electron chi connectivity index (χ2n) is 7.33. The Balaban J connectivity index is 3.44. The minimum absolute atomic E-state index is 0.0390. The van der Waals surface area contributed by atoms with Crippen molar-refractivity contribution < 1.29 is 4.79 Å². The van der Waals surface area contributed by atoms with Crippen LogP contribution in [0.15, 0.2) is 24.3 Å². The topological polar surface area (TPSA) is 29.1 Å². The van der Waals surface area contributed by atoms with Gasteiger partial charge in [0, 0.05) is 28.8 Å². The first kappa shape index (κ1) is 16.2. The SMILES string of the molecule is CNC(=O)c1ccccc1C([Si](C)(C)C)[Si](C)(C)C. The summed E-state index contributed by atoms with van der Waals surface area (Å²) in [6, 6.07) is 8.14. The third-order valence-corrected chi connectivity index (χ3v) is 12.8. The van der Waals surface area contributed by atoms with E-state index in [2.05, 4.69) is 56.7 Å². The highest BCUT2D eigenvalue weighted by Gasteiger charge is 2.40. The molecular formula is C15H27NOSi2. The van der Waals surface area contributed by atoms with E-state index >= 15 is 0 Å². The van der Waals surface area contributed by atoms with Gasteiger partial charge in [0.05, 0.1) is 0 Å². The van der Waals surface area contributed by atoms with Gasteiger partial charge < -0.3 is 5.32 Å². The van der Waals surface area contributed by atoms with Gasteiger partial charge in [-0.3, -0.25) is 4.79 Å². The van der Waals surface area contributed by atoms with Gasteiger partial charge in [-0.15, -0.1) is 0 Å². The van der Waals surface area contributed by atoms with E-state index in [1.807, 2.05) is 12.1 Å². The summed E-state index contributed by atoms with van der Waals surface area (Å²) in [6.07, 6.45) is 0. The third-order valence-electron chi connectivity index (χ3n) is 3.48. The van der Waals surface area contributed by atoms with E-state index in [0.717, 1.165) is 5.56 Å². The monoisotopic (exact) mass is 293 g/mol. The highest BCUT2D eigenvalue weighted by Crippen LogP contribution is 2.37. The van der Waals surface area contributed by atoms with Crippen LogP contribution in [0, 0.1) is 0 Å². The van der Waals surface area contributed by atoms with Crippen molar-refractivity contribution in [3.05, 3.63) is 35.4 Å². The fourth-order valence-corrected chi connectivity index (χ4v) is 16.1. The summed E-state index contributed by atoms with van der Waals surface area (Å²) in [7, 11) is -1.04. The lowest BCUT2D eigenvalue weighted by Gasteiger charge is -2.39. The zero-order chi connectivity index (χ0) is 14.8. The van der Waals surface area contributed by atoms with E-state index < -0.39 is 16.1 Å². The molecule has 0 aliphatic carbocycles. The first-order chi connectivity index (χ1) is 8.59. The number of rotatable bonds is 4. The van der Waals surface area contributed by atoms with Gasteiger partial charge in [0.15, 0.2) is 0 Å². The molecule has 0 bridgehead atoms. The molecule has 19 heavy (non-hydrogen) atoms. The molecule has 0 heterocycles. The number of amides is 1. The van der Waals surface area contributed by atoms with Crippen molar-refractivity contribution in [1.29, 1.82) is 0 Å². The molecule has 1 aromatic rings. The summed E-state index contributed by atoms with van der Waals surface area (Å²) in [5.74, 6) is 0.0390. The van der Waals surface area contributed by atoms with Crippen LogP contribution >= 0.6 is 0 Å². The average molecular weight is 294 g/mol. The van der Waals surface area contributed by atoms with Gasteiger partial charge in [0.25, 0.3) is 5.91 Å². The van der Waals surface area contributed by atoms with Crippen LogP contribution in [0.2, 0.25) is 39.3 Å². The molecule has 1 aromatic carbocycles. The molecule has 0 spiro atoms. The van der Waals surface area contributed by atoms with Crippen LogP contribution in [0.25, 0.3) is 0 Å². The van der Waals surface area contributed by atoms with Crippen LogP contribution in [0.4, 0.5) is 0 Å². The number of hydrogen-bond donors (Lipinski definition) is 1. The fourth-order valence-electron chi connectivity index (χ4n) is 3.32. The van der Waals surface area contributed by atoms with Crippen molar-refractivity contribution in [2.75, 3.05) is 7.05 Å². The van der Waals surface area contributed by atoms with Crippen molar-refractivity contribution in [3.8, 4) is 0 Å². The molecule has 0 fully saturated rings. The number of benzene rings is 1. The predicted octanol–water partition coefficient (Wildman–Crippen LogP) is 3.88. The zero-order valence-electron chi connectivity index (χ0n) is 13.3. The van der Waals surface area contributed by atoms with E-state index in [1.54, 1.807) is 7.05 Å². The molecule has 0 saturated carbocycles. The third kappa shape index (κ3) is 3.80. The van der Waals surface area contributed by atoms with Crippen molar-refractivity contribution in [1.82, 2.24) is 5.32 Å². The lowest BCUT2D eigenvalue weighted by Crippen LogP contribution is -2.47. The molecule has 0 saturated heterocycles. The summed E-state index contributed by atoms with van der Waals surface area (Å²) in [5, 5.41) is 3.36. The van der Waals surface area contributed by atoms with Gasteiger partial charge >= 0.3 is 0 Å². The molecule has 0 aromatic heterocycles. The molecule has 0 aliphatic rings. The van der Waals surface area contributed by atoms with Crippen LogP contribution in [0.1, 0.15) is 21.1 Å². The predicted molar refractivity (Wildman–Crippen MR) is 89.3 cm³/mol. The minimum atomic E-state index is -1.37. The van der Waals surface area contributed by atoms with Crippen LogP contribution < -0.4 is 5.32 Å².